The summed E-state index contributed by atoms with van der Waals surface area (Å²) in [7, 11) is 0. The summed E-state index contributed by atoms with van der Waals surface area (Å²) < 4.78 is 0. The molecule has 0 bridgehead atoms. The van der Waals surface area contributed by atoms with Gasteiger partial charge in [-0.05, 0) is 30.7 Å². The Hall–Kier alpha value is -1.05. The molecule has 3 nitrogen and oxygen atoms in total. The van der Waals surface area contributed by atoms with Crippen LogP contribution in [-0.4, -0.2) is 23.9 Å². The minimum atomic E-state index is -0.0347. The van der Waals surface area contributed by atoms with Crippen molar-refractivity contribution in [2.75, 3.05) is 13.1 Å². The molecule has 1 atom stereocenters. The monoisotopic (exact) mass is 268 g/mol. The number of hydrogen-bond acceptors (Lipinski definition) is 3. The zero-order chi connectivity index (χ0) is 12.4. The van der Waals surface area contributed by atoms with Crippen molar-refractivity contribution in [3.63, 3.8) is 0 Å². The highest BCUT2D eigenvalue weighted by molar-refractivity contribution is 7.13. The number of rotatable bonds is 1. The van der Waals surface area contributed by atoms with E-state index in [4.69, 9.17) is 16.9 Å². The molecule has 0 N–H and O–H groups in total. The molecule has 0 saturated carbocycles. The fourth-order valence-electron chi connectivity index (χ4n) is 1.98. The van der Waals surface area contributed by atoms with Gasteiger partial charge in [0.05, 0.1) is 17.0 Å². The second-order valence-corrected chi connectivity index (χ2v) is 5.54. The lowest BCUT2D eigenvalue weighted by atomic mass is 9.99. The quantitative estimate of drug-likeness (QED) is 0.786. The number of likely N-dealkylation sites (tertiary alicyclic amines) is 1. The van der Waals surface area contributed by atoms with Gasteiger partial charge in [-0.1, -0.05) is 11.6 Å². The molecule has 17 heavy (non-hydrogen) atoms. The number of carbonyl (C=O) groups excluding carboxylic acids is 1. The molecule has 1 fully saturated rings. The van der Waals surface area contributed by atoms with Crippen LogP contribution >= 0.6 is 22.9 Å². The standard InChI is InChI=1S/C12H13ClN2OS/c1-8-7-17-11(10(8)13)12(16)15-4-2-3-9(5-14)6-15/h7,9H,2-4,6H2,1H3. The van der Waals surface area contributed by atoms with E-state index in [-0.39, 0.29) is 11.8 Å². The number of piperidine rings is 1. The molecule has 0 radical (unpaired) electrons. The number of thiophene rings is 1. The molecule has 90 valence electrons. The van der Waals surface area contributed by atoms with E-state index in [1.54, 1.807) is 4.90 Å². The molecule has 1 aliphatic rings. The molecule has 1 aromatic rings. The fourth-order valence-corrected chi connectivity index (χ4v) is 3.23. The number of carbonyl (C=O) groups is 1. The Morgan fingerprint density at radius 1 is 1.71 bits per heavy atom. The molecule has 1 amide bonds. The lowest BCUT2D eigenvalue weighted by molar-refractivity contribution is 0.0704. The number of aryl methyl sites for hydroxylation is 1. The van der Waals surface area contributed by atoms with Gasteiger partial charge in [0.25, 0.3) is 5.91 Å². The summed E-state index contributed by atoms with van der Waals surface area (Å²) >= 11 is 7.47. The number of halogens is 1. The zero-order valence-electron chi connectivity index (χ0n) is 9.57. The van der Waals surface area contributed by atoms with Gasteiger partial charge in [-0.3, -0.25) is 4.79 Å². The maximum atomic E-state index is 12.2. The predicted molar refractivity (Wildman–Crippen MR) is 68.3 cm³/mol. The second kappa shape index (κ2) is 5.07. The Kier molecular flexibility index (Phi) is 3.70. The molecule has 0 aromatic carbocycles. The first-order chi connectivity index (χ1) is 8.13. The summed E-state index contributed by atoms with van der Waals surface area (Å²) in [5.74, 6) is -0.0689. The van der Waals surface area contributed by atoms with Crippen molar-refractivity contribution in [2.45, 2.75) is 19.8 Å². The molecule has 0 aliphatic carbocycles. The van der Waals surface area contributed by atoms with Crippen molar-refractivity contribution in [3.05, 3.63) is 20.8 Å². The number of nitrogens with zero attached hydrogens (tertiary/aromatic N) is 2. The molecule has 2 heterocycles. The highest BCUT2D eigenvalue weighted by Crippen LogP contribution is 2.29. The van der Waals surface area contributed by atoms with Crippen LogP contribution in [0.25, 0.3) is 0 Å². The molecule has 1 saturated heterocycles. The van der Waals surface area contributed by atoms with Gasteiger partial charge in [-0.25, -0.2) is 0 Å². The molecule has 2 rings (SSSR count). The Labute approximate surface area is 110 Å². The third kappa shape index (κ3) is 2.46. The van der Waals surface area contributed by atoms with Crippen molar-refractivity contribution in [2.24, 2.45) is 5.92 Å². The van der Waals surface area contributed by atoms with Gasteiger partial charge in [0.15, 0.2) is 0 Å². The van der Waals surface area contributed by atoms with Gasteiger partial charge >= 0.3 is 0 Å². The first-order valence-corrected chi connectivity index (χ1v) is 6.81. The minimum Gasteiger partial charge on any atom is -0.337 e. The van der Waals surface area contributed by atoms with Gasteiger partial charge < -0.3 is 4.90 Å². The summed E-state index contributed by atoms with van der Waals surface area (Å²) in [6.45, 7) is 3.15. The van der Waals surface area contributed by atoms with Crippen molar-refractivity contribution >= 4 is 28.8 Å². The molecule has 1 aliphatic heterocycles. The van der Waals surface area contributed by atoms with Gasteiger partial charge in [-0.2, -0.15) is 5.26 Å². The van der Waals surface area contributed by atoms with E-state index in [1.165, 1.54) is 11.3 Å². The summed E-state index contributed by atoms with van der Waals surface area (Å²) in [4.78, 5) is 14.6. The maximum absolute atomic E-state index is 12.2. The van der Waals surface area contributed by atoms with E-state index in [2.05, 4.69) is 6.07 Å². The van der Waals surface area contributed by atoms with E-state index < -0.39 is 0 Å². The van der Waals surface area contributed by atoms with Crippen LogP contribution in [-0.2, 0) is 0 Å². The molecular weight excluding hydrogens is 256 g/mol. The topological polar surface area (TPSA) is 44.1 Å². The fraction of sp³-hybridized carbons (Fsp3) is 0.500. The molecule has 1 unspecified atom stereocenters. The number of amides is 1. The number of hydrogen-bond donors (Lipinski definition) is 0. The Morgan fingerprint density at radius 3 is 3.06 bits per heavy atom. The average Bonchev–Trinajstić information content (AvgIpc) is 2.69. The van der Waals surface area contributed by atoms with E-state index in [1.807, 2.05) is 12.3 Å². The lowest BCUT2D eigenvalue weighted by Crippen LogP contribution is -2.39. The van der Waals surface area contributed by atoms with E-state index in [0.29, 0.717) is 16.4 Å². The highest BCUT2D eigenvalue weighted by atomic mass is 35.5. The van der Waals surface area contributed by atoms with Crippen molar-refractivity contribution in [1.82, 2.24) is 4.90 Å². The van der Waals surface area contributed by atoms with Crippen LogP contribution in [0.15, 0.2) is 5.38 Å². The molecule has 1 aromatic heterocycles. The van der Waals surface area contributed by atoms with E-state index in [0.717, 1.165) is 24.9 Å². The van der Waals surface area contributed by atoms with Crippen LogP contribution < -0.4 is 0 Å². The van der Waals surface area contributed by atoms with Crippen LogP contribution in [0.2, 0.25) is 5.02 Å². The SMILES string of the molecule is Cc1csc(C(=O)N2CCCC(C#N)C2)c1Cl. The summed E-state index contributed by atoms with van der Waals surface area (Å²) in [6.07, 6.45) is 1.78. The third-order valence-electron chi connectivity index (χ3n) is 2.98. The van der Waals surface area contributed by atoms with Gasteiger partial charge in [0.1, 0.15) is 4.88 Å². The van der Waals surface area contributed by atoms with Crippen molar-refractivity contribution in [3.8, 4) is 6.07 Å². The molecular formula is C12H13ClN2OS. The first kappa shape index (κ1) is 12.4. The summed E-state index contributed by atoms with van der Waals surface area (Å²) in [6, 6.07) is 2.24. The van der Waals surface area contributed by atoms with Gasteiger partial charge in [0.2, 0.25) is 0 Å². The zero-order valence-corrected chi connectivity index (χ0v) is 11.1. The highest BCUT2D eigenvalue weighted by Gasteiger charge is 2.26. The van der Waals surface area contributed by atoms with E-state index >= 15 is 0 Å². The van der Waals surface area contributed by atoms with Crippen LogP contribution in [0.1, 0.15) is 28.1 Å². The smallest absolute Gasteiger partial charge is 0.265 e. The molecule has 5 heteroatoms. The van der Waals surface area contributed by atoms with Crippen LogP contribution in [0.5, 0.6) is 0 Å². The maximum Gasteiger partial charge on any atom is 0.265 e. The van der Waals surface area contributed by atoms with Crippen molar-refractivity contribution < 1.29 is 4.79 Å². The largest absolute Gasteiger partial charge is 0.337 e. The lowest BCUT2D eigenvalue weighted by Gasteiger charge is -2.29. The summed E-state index contributed by atoms with van der Waals surface area (Å²) in [5.41, 5.74) is 0.939. The predicted octanol–water partition coefficient (Wildman–Crippen LogP) is 3.09. The normalized spacial score (nSPS) is 20.1. The first-order valence-electron chi connectivity index (χ1n) is 5.56. The second-order valence-electron chi connectivity index (χ2n) is 4.28. The Bertz CT molecular complexity index is 477. The van der Waals surface area contributed by atoms with Crippen LogP contribution in [0.3, 0.4) is 0 Å². The Morgan fingerprint density at radius 2 is 2.47 bits per heavy atom. The van der Waals surface area contributed by atoms with Gasteiger partial charge in [0, 0.05) is 13.1 Å². The minimum absolute atomic E-state index is 0.0342. The van der Waals surface area contributed by atoms with Crippen LogP contribution in [0, 0.1) is 24.2 Å². The van der Waals surface area contributed by atoms with Gasteiger partial charge in [-0.15, -0.1) is 11.3 Å². The number of nitriles is 1. The van der Waals surface area contributed by atoms with Crippen LogP contribution in [0.4, 0.5) is 0 Å². The van der Waals surface area contributed by atoms with E-state index in [9.17, 15) is 4.79 Å². The summed E-state index contributed by atoms with van der Waals surface area (Å²) in [5, 5.41) is 11.4. The van der Waals surface area contributed by atoms with Crippen molar-refractivity contribution in [1.29, 1.82) is 5.26 Å². The average molecular weight is 269 g/mol. The molecule has 0 spiro atoms. The third-order valence-corrected chi connectivity index (χ3v) is 4.67. The Balaban J connectivity index is 2.15.